The van der Waals surface area contributed by atoms with Crippen LogP contribution in [0.1, 0.15) is 5.56 Å². The van der Waals surface area contributed by atoms with Gasteiger partial charge in [-0.15, -0.1) is 0 Å². The number of hydrogen-bond donors (Lipinski definition) is 1. The van der Waals surface area contributed by atoms with Crippen LogP contribution in [0.2, 0.25) is 10.0 Å². The minimum absolute atomic E-state index is 0.0431. The van der Waals surface area contributed by atoms with Gasteiger partial charge in [-0.1, -0.05) is 29.3 Å². The van der Waals surface area contributed by atoms with Crippen LogP contribution in [0.4, 0.5) is 10.1 Å². The number of halogens is 3. The van der Waals surface area contributed by atoms with Crippen molar-refractivity contribution in [1.29, 1.82) is 0 Å². The van der Waals surface area contributed by atoms with Crippen LogP contribution in [-0.4, -0.2) is 4.21 Å². The van der Waals surface area contributed by atoms with Gasteiger partial charge < -0.3 is 5.73 Å². The molecule has 0 radical (unpaired) electrons. The zero-order chi connectivity index (χ0) is 14.0. The molecule has 0 amide bonds. The van der Waals surface area contributed by atoms with Crippen molar-refractivity contribution in [2.75, 3.05) is 5.73 Å². The van der Waals surface area contributed by atoms with Gasteiger partial charge in [0.25, 0.3) is 0 Å². The van der Waals surface area contributed by atoms with E-state index in [0.29, 0.717) is 14.9 Å². The van der Waals surface area contributed by atoms with Crippen LogP contribution in [-0.2, 0) is 16.6 Å². The summed E-state index contributed by atoms with van der Waals surface area (Å²) in [6.07, 6.45) is 0. The minimum Gasteiger partial charge on any atom is -0.398 e. The van der Waals surface area contributed by atoms with Crippen molar-refractivity contribution in [2.45, 2.75) is 10.6 Å². The van der Waals surface area contributed by atoms with Gasteiger partial charge in [0.2, 0.25) is 0 Å². The second-order valence-electron chi connectivity index (χ2n) is 3.87. The fraction of sp³-hybridized carbons (Fsp3) is 0.0769. The molecule has 2 aromatic rings. The zero-order valence-electron chi connectivity index (χ0n) is 9.70. The maximum absolute atomic E-state index is 13.6. The van der Waals surface area contributed by atoms with Crippen LogP contribution < -0.4 is 5.73 Å². The predicted octanol–water partition coefficient (Wildman–Crippen LogP) is 4.02. The lowest BCUT2D eigenvalue weighted by Gasteiger charge is -2.08. The first-order chi connectivity index (χ1) is 8.99. The molecule has 6 heteroatoms. The Bertz CT molecular complexity index is 628. The molecule has 2 aromatic carbocycles. The van der Waals surface area contributed by atoms with Gasteiger partial charge in [0.05, 0.1) is 26.5 Å². The van der Waals surface area contributed by atoms with Crippen molar-refractivity contribution in [2.24, 2.45) is 0 Å². The molecule has 0 aliphatic rings. The van der Waals surface area contributed by atoms with E-state index in [2.05, 4.69) is 0 Å². The Kier molecular flexibility index (Phi) is 4.45. The summed E-state index contributed by atoms with van der Waals surface area (Å²) in [5.41, 5.74) is 6.17. The summed E-state index contributed by atoms with van der Waals surface area (Å²) in [6.45, 7) is 0. The van der Waals surface area contributed by atoms with E-state index in [4.69, 9.17) is 28.9 Å². The van der Waals surface area contributed by atoms with Crippen LogP contribution in [0.5, 0.6) is 0 Å². The zero-order valence-corrected chi connectivity index (χ0v) is 12.0. The molecule has 0 fully saturated rings. The first-order valence-corrected chi connectivity index (χ1v) is 7.43. The molecule has 0 aromatic heterocycles. The third-order valence-electron chi connectivity index (χ3n) is 2.57. The third kappa shape index (κ3) is 3.26. The molecule has 0 saturated carbocycles. The standard InChI is InChI=1S/C13H10Cl2FNOS/c14-8-4-5-10(15)13(6-8)19(18)7-9-11(16)2-1-3-12(9)17/h1-6H,7,17H2. The Morgan fingerprint density at radius 2 is 1.95 bits per heavy atom. The van der Waals surface area contributed by atoms with E-state index in [1.807, 2.05) is 0 Å². The van der Waals surface area contributed by atoms with Gasteiger partial charge in [0, 0.05) is 16.3 Å². The van der Waals surface area contributed by atoms with Gasteiger partial charge in [0.1, 0.15) is 5.82 Å². The number of hydrogen-bond acceptors (Lipinski definition) is 2. The lowest BCUT2D eigenvalue weighted by molar-refractivity contribution is 0.616. The topological polar surface area (TPSA) is 43.1 Å². The van der Waals surface area contributed by atoms with Crippen molar-refractivity contribution in [3.63, 3.8) is 0 Å². The first-order valence-electron chi connectivity index (χ1n) is 5.35. The molecule has 0 spiro atoms. The summed E-state index contributed by atoms with van der Waals surface area (Å²) >= 11 is 11.8. The van der Waals surface area contributed by atoms with Crippen LogP contribution in [0.3, 0.4) is 0 Å². The van der Waals surface area contributed by atoms with Crippen molar-refractivity contribution in [3.05, 3.63) is 57.8 Å². The molecular weight excluding hydrogens is 308 g/mol. The quantitative estimate of drug-likeness (QED) is 0.869. The average molecular weight is 318 g/mol. The molecule has 0 aliphatic heterocycles. The van der Waals surface area contributed by atoms with E-state index >= 15 is 0 Å². The highest BCUT2D eigenvalue weighted by atomic mass is 35.5. The van der Waals surface area contributed by atoms with Gasteiger partial charge in [-0.3, -0.25) is 4.21 Å². The van der Waals surface area contributed by atoms with Crippen LogP contribution in [0.25, 0.3) is 0 Å². The highest BCUT2D eigenvalue weighted by Crippen LogP contribution is 2.27. The molecular formula is C13H10Cl2FNOS. The summed E-state index contributed by atoms with van der Waals surface area (Å²) in [4.78, 5) is 0.372. The van der Waals surface area contributed by atoms with Crippen LogP contribution in [0.15, 0.2) is 41.3 Å². The molecule has 2 nitrogen and oxygen atoms in total. The van der Waals surface area contributed by atoms with Gasteiger partial charge >= 0.3 is 0 Å². The van der Waals surface area contributed by atoms with E-state index in [1.54, 1.807) is 18.2 Å². The normalized spacial score (nSPS) is 12.4. The molecule has 2 N–H and O–H groups in total. The van der Waals surface area contributed by atoms with E-state index in [1.165, 1.54) is 18.2 Å². The third-order valence-corrected chi connectivity index (χ3v) is 4.62. The number of nitrogens with two attached hydrogens (primary N) is 1. The Hall–Kier alpha value is -1.10. The van der Waals surface area contributed by atoms with Crippen molar-refractivity contribution in [1.82, 2.24) is 0 Å². The molecule has 100 valence electrons. The van der Waals surface area contributed by atoms with Crippen molar-refractivity contribution < 1.29 is 8.60 Å². The molecule has 1 atom stereocenters. The number of benzene rings is 2. The first kappa shape index (κ1) is 14.3. The maximum atomic E-state index is 13.6. The Morgan fingerprint density at radius 1 is 1.21 bits per heavy atom. The SMILES string of the molecule is Nc1cccc(F)c1CS(=O)c1cc(Cl)ccc1Cl. The lowest BCUT2D eigenvalue weighted by Crippen LogP contribution is -2.03. The summed E-state index contributed by atoms with van der Waals surface area (Å²) in [7, 11) is -1.51. The molecule has 2 rings (SSSR count). The highest BCUT2D eigenvalue weighted by molar-refractivity contribution is 7.84. The van der Waals surface area contributed by atoms with E-state index in [-0.39, 0.29) is 17.0 Å². The molecule has 1 unspecified atom stereocenters. The lowest BCUT2D eigenvalue weighted by atomic mass is 10.2. The van der Waals surface area contributed by atoms with Crippen molar-refractivity contribution >= 4 is 39.7 Å². The molecule has 0 saturated heterocycles. The van der Waals surface area contributed by atoms with Crippen LogP contribution >= 0.6 is 23.2 Å². The molecule has 0 aliphatic carbocycles. The van der Waals surface area contributed by atoms with Gasteiger partial charge in [-0.25, -0.2) is 4.39 Å². The number of rotatable bonds is 3. The molecule has 0 bridgehead atoms. The predicted molar refractivity (Wildman–Crippen MR) is 77.4 cm³/mol. The number of nitrogen functional groups attached to an aromatic ring is 1. The fourth-order valence-electron chi connectivity index (χ4n) is 1.59. The highest BCUT2D eigenvalue weighted by Gasteiger charge is 2.14. The van der Waals surface area contributed by atoms with E-state index in [0.717, 1.165) is 0 Å². The Balaban J connectivity index is 2.34. The smallest absolute Gasteiger partial charge is 0.129 e. The second kappa shape index (κ2) is 5.90. The van der Waals surface area contributed by atoms with E-state index in [9.17, 15) is 8.60 Å². The maximum Gasteiger partial charge on any atom is 0.129 e. The summed E-state index contributed by atoms with van der Waals surface area (Å²) in [6, 6.07) is 9.02. The van der Waals surface area contributed by atoms with Crippen LogP contribution in [0, 0.1) is 5.82 Å². The monoisotopic (exact) mass is 317 g/mol. The summed E-state index contributed by atoms with van der Waals surface area (Å²) < 4.78 is 25.9. The minimum atomic E-state index is -1.51. The van der Waals surface area contributed by atoms with Gasteiger partial charge in [-0.2, -0.15) is 0 Å². The Morgan fingerprint density at radius 3 is 2.63 bits per heavy atom. The van der Waals surface area contributed by atoms with Gasteiger partial charge in [-0.05, 0) is 30.3 Å². The van der Waals surface area contributed by atoms with E-state index < -0.39 is 16.6 Å². The Labute approximate surface area is 122 Å². The van der Waals surface area contributed by atoms with Crippen molar-refractivity contribution in [3.8, 4) is 0 Å². The summed E-state index contributed by atoms with van der Waals surface area (Å²) in [5.74, 6) is -0.523. The second-order valence-corrected chi connectivity index (χ2v) is 6.14. The molecule has 19 heavy (non-hydrogen) atoms. The average Bonchev–Trinajstić information content (AvgIpc) is 2.37. The largest absolute Gasteiger partial charge is 0.398 e. The molecule has 0 heterocycles. The van der Waals surface area contributed by atoms with Gasteiger partial charge in [0.15, 0.2) is 0 Å². The fourth-order valence-corrected chi connectivity index (χ4v) is 3.47. The summed E-state index contributed by atoms with van der Waals surface area (Å²) in [5, 5.41) is 0.756. The number of anilines is 1.